The van der Waals surface area contributed by atoms with Crippen LogP contribution >= 0.6 is 0 Å². The summed E-state index contributed by atoms with van der Waals surface area (Å²) >= 11 is 0. The van der Waals surface area contributed by atoms with Gasteiger partial charge in [0, 0.05) is 25.5 Å². The first kappa shape index (κ1) is 9.89. The Morgan fingerprint density at radius 2 is 2.07 bits per heavy atom. The van der Waals surface area contributed by atoms with Crippen molar-refractivity contribution in [3.05, 3.63) is 18.0 Å². The van der Waals surface area contributed by atoms with E-state index in [1.807, 2.05) is 11.9 Å². The van der Waals surface area contributed by atoms with E-state index in [9.17, 15) is 4.79 Å². The summed E-state index contributed by atoms with van der Waals surface area (Å²) in [7, 11) is 1.94. The van der Waals surface area contributed by atoms with Gasteiger partial charge in [-0.15, -0.1) is 0 Å². The van der Waals surface area contributed by atoms with Crippen LogP contribution in [0.2, 0.25) is 0 Å². The molecule has 1 aliphatic carbocycles. The number of rotatable bonds is 3. The van der Waals surface area contributed by atoms with Crippen molar-refractivity contribution in [3.63, 3.8) is 0 Å². The molecule has 0 aromatic carbocycles. The molecule has 1 heterocycles. The molecule has 15 heavy (non-hydrogen) atoms. The van der Waals surface area contributed by atoms with Crippen LogP contribution in [0.25, 0.3) is 0 Å². The van der Waals surface area contributed by atoms with E-state index in [1.165, 1.54) is 31.7 Å². The number of aromatic nitrogens is 2. The van der Waals surface area contributed by atoms with Crippen LogP contribution < -0.4 is 4.90 Å². The zero-order valence-electron chi connectivity index (χ0n) is 8.55. The van der Waals surface area contributed by atoms with Crippen molar-refractivity contribution in [2.45, 2.75) is 25.3 Å². The van der Waals surface area contributed by atoms with E-state index in [2.05, 4.69) is 9.97 Å². The van der Waals surface area contributed by atoms with Gasteiger partial charge in [-0.05, 0) is 19.3 Å². The molecule has 1 aromatic heterocycles. The molecule has 1 N–H and O–H groups in total. The summed E-state index contributed by atoms with van der Waals surface area (Å²) in [4.78, 5) is 20.7. The first-order chi connectivity index (χ1) is 7.18. The highest BCUT2D eigenvalue weighted by molar-refractivity contribution is 5.86. The molecular weight excluding hydrogens is 194 g/mol. The molecule has 2 rings (SSSR count). The summed E-state index contributed by atoms with van der Waals surface area (Å²) in [6, 6.07) is 0.515. The molecule has 0 unspecified atom stereocenters. The number of hydrogen-bond donors (Lipinski definition) is 1. The van der Waals surface area contributed by atoms with Crippen molar-refractivity contribution in [2.24, 2.45) is 0 Å². The Hall–Kier alpha value is -1.65. The summed E-state index contributed by atoms with van der Waals surface area (Å²) in [5.41, 5.74) is 0.126. The number of carbonyl (C=O) groups is 1. The lowest BCUT2D eigenvalue weighted by Crippen LogP contribution is -2.38. The van der Waals surface area contributed by atoms with E-state index in [1.54, 1.807) is 0 Å². The van der Waals surface area contributed by atoms with Gasteiger partial charge < -0.3 is 10.0 Å². The predicted octanol–water partition coefficient (Wildman–Crippen LogP) is 1.16. The number of hydrogen-bond acceptors (Lipinski definition) is 4. The molecule has 0 radical (unpaired) electrons. The minimum atomic E-state index is -0.993. The third-order valence-electron chi connectivity index (χ3n) is 2.82. The van der Waals surface area contributed by atoms with Crippen molar-refractivity contribution in [3.8, 4) is 0 Å². The smallest absolute Gasteiger partial charge is 0.338 e. The van der Waals surface area contributed by atoms with E-state index >= 15 is 0 Å². The van der Waals surface area contributed by atoms with Crippen LogP contribution in [0.15, 0.2) is 12.4 Å². The van der Waals surface area contributed by atoms with Crippen molar-refractivity contribution < 1.29 is 9.90 Å². The molecule has 5 nitrogen and oxygen atoms in total. The molecule has 0 spiro atoms. The van der Waals surface area contributed by atoms with Gasteiger partial charge in [0.1, 0.15) is 0 Å². The molecule has 5 heteroatoms. The quantitative estimate of drug-likeness (QED) is 0.805. The van der Waals surface area contributed by atoms with E-state index < -0.39 is 5.97 Å². The molecule has 0 saturated heterocycles. The molecule has 0 amide bonds. The second-order valence-corrected chi connectivity index (χ2v) is 3.77. The summed E-state index contributed by atoms with van der Waals surface area (Å²) in [5.74, 6) is -0.391. The van der Waals surface area contributed by atoms with E-state index in [4.69, 9.17) is 5.11 Å². The molecule has 80 valence electrons. The summed E-state index contributed by atoms with van der Waals surface area (Å²) in [5, 5.41) is 8.69. The lowest BCUT2D eigenvalue weighted by Gasteiger charge is -2.34. The highest BCUT2D eigenvalue weighted by atomic mass is 16.4. The van der Waals surface area contributed by atoms with E-state index in [0.29, 0.717) is 12.0 Å². The van der Waals surface area contributed by atoms with Crippen molar-refractivity contribution in [1.29, 1.82) is 0 Å². The fourth-order valence-corrected chi connectivity index (χ4v) is 1.55. The van der Waals surface area contributed by atoms with Crippen LogP contribution in [0.1, 0.15) is 29.6 Å². The largest absolute Gasteiger partial charge is 0.478 e. The topological polar surface area (TPSA) is 66.3 Å². The Bertz CT molecular complexity index is 359. The zero-order valence-corrected chi connectivity index (χ0v) is 8.55. The Kier molecular flexibility index (Phi) is 2.53. The van der Waals surface area contributed by atoms with Gasteiger partial charge in [0.25, 0.3) is 0 Å². The predicted molar refractivity (Wildman–Crippen MR) is 55.0 cm³/mol. The Morgan fingerprint density at radius 3 is 2.47 bits per heavy atom. The second-order valence-electron chi connectivity index (χ2n) is 3.77. The van der Waals surface area contributed by atoms with Crippen LogP contribution in [0.3, 0.4) is 0 Å². The third-order valence-corrected chi connectivity index (χ3v) is 2.82. The van der Waals surface area contributed by atoms with E-state index in [0.717, 1.165) is 0 Å². The molecule has 1 fully saturated rings. The average Bonchev–Trinajstić information content (AvgIpc) is 2.15. The molecule has 0 bridgehead atoms. The normalized spacial score (nSPS) is 15.8. The summed E-state index contributed by atoms with van der Waals surface area (Å²) < 4.78 is 0. The first-order valence-electron chi connectivity index (χ1n) is 4.96. The maximum absolute atomic E-state index is 10.6. The van der Waals surface area contributed by atoms with Gasteiger partial charge >= 0.3 is 5.97 Å². The molecular formula is C10H13N3O2. The zero-order chi connectivity index (χ0) is 10.8. The maximum atomic E-state index is 10.6. The monoisotopic (exact) mass is 207 g/mol. The maximum Gasteiger partial charge on any atom is 0.338 e. The highest BCUT2D eigenvalue weighted by Gasteiger charge is 2.23. The van der Waals surface area contributed by atoms with Crippen LogP contribution in [-0.4, -0.2) is 34.1 Å². The Balaban J connectivity index is 2.11. The molecule has 0 atom stereocenters. The van der Waals surface area contributed by atoms with Crippen LogP contribution in [0.4, 0.5) is 5.95 Å². The molecule has 1 saturated carbocycles. The van der Waals surface area contributed by atoms with Crippen LogP contribution in [-0.2, 0) is 0 Å². The number of nitrogens with zero attached hydrogens (tertiary/aromatic N) is 3. The number of aromatic carboxylic acids is 1. The molecule has 1 aliphatic rings. The Morgan fingerprint density at radius 1 is 1.47 bits per heavy atom. The van der Waals surface area contributed by atoms with Gasteiger partial charge in [0.15, 0.2) is 0 Å². The minimum Gasteiger partial charge on any atom is -0.478 e. The average molecular weight is 207 g/mol. The van der Waals surface area contributed by atoms with Gasteiger partial charge in [-0.1, -0.05) is 0 Å². The van der Waals surface area contributed by atoms with Gasteiger partial charge in [-0.3, -0.25) is 0 Å². The Labute approximate surface area is 87.8 Å². The molecule has 0 aliphatic heterocycles. The van der Waals surface area contributed by atoms with Gasteiger partial charge in [-0.25, -0.2) is 14.8 Å². The number of anilines is 1. The van der Waals surface area contributed by atoms with Gasteiger partial charge in [-0.2, -0.15) is 0 Å². The van der Waals surface area contributed by atoms with Crippen LogP contribution in [0, 0.1) is 0 Å². The number of carboxylic acids is 1. The fourth-order valence-electron chi connectivity index (χ4n) is 1.55. The SMILES string of the molecule is CN(c1ncc(C(=O)O)cn1)C1CCC1. The van der Waals surface area contributed by atoms with Crippen molar-refractivity contribution >= 4 is 11.9 Å². The highest BCUT2D eigenvalue weighted by Crippen LogP contribution is 2.25. The fraction of sp³-hybridized carbons (Fsp3) is 0.500. The lowest BCUT2D eigenvalue weighted by atomic mass is 9.92. The van der Waals surface area contributed by atoms with Crippen LogP contribution in [0.5, 0.6) is 0 Å². The molecule has 1 aromatic rings. The minimum absolute atomic E-state index is 0.126. The van der Waals surface area contributed by atoms with Crippen molar-refractivity contribution in [2.75, 3.05) is 11.9 Å². The van der Waals surface area contributed by atoms with Gasteiger partial charge in [0.2, 0.25) is 5.95 Å². The number of carboxylic acid groups (broad SMARTS) is 1. The summed E-state index contributed by atoms with van der Waals surface area (Å²) in [6.45, 7) is 0. The second kappa shape index (κ2) is 3.84. The van der Waals surface area contributed by atoms with Gasteiger partial charge in [0.05, 0.1) is 5.56 Å². The first-order valence-corrected chi connectivity index (χ1v) is 4.96. The third kappa shape index (κ3) is 1.91. The van der Waals surface area contributed by atoms with Crippen molar-refractivity contribution in [1.82, 2.24) is 9.97 Å². The summed E-state index contributed by atoms with van der Waals surface area (Å²) in [6.07, 6.45) is 6.28. The van der Waals surface area contributed by atoms with E-state index in [-0.39, 0.29) is 5.56 Å². The standard InChI is InChI=1S/C10H13N3O2/c1-13(8-3-2-4-8)10-11-5-7(6-12-10)9(14)15/h5-6,8H,2-4H2,1H3,(H,14,15). The lowest BCUT2D eigenvalue weighted by molar-refractivity contribution is 0.0696.